The van der Waals surface area contributed by atoms with E-state index in [9.17, 15) is 4.79 Å². The summed E-state index contributed by atoms with van der Waals surface area (Å²) in [6.45, 7) is 2.36. The SMILES string of the molecule is COc1cc(NCCC(N)C(=O)O)c(OC)cc1C. The van der Waals surface area contributed by atoms with Gasteiger partial charge in [0.15, 0.2) is 0 Å². The number of nitrogens with one attached hydrogen (secondary N) is 1. The van der Waals surface area contributed by atoms with Crippen LogP contribution in [0, 0.1) is 6.92 Å². The number of anilines is 1. The first kappa shape index (κ1) is 15.1. The van der Waals surface area contributed by atoms with Crippen molar-refractivity contribution >= 4 is 11.7 Å². The summed E-state index contributed by atoms with van der Waals surface area (Å²) in [5.74, 6) is 0.420. The molecule has 4 N–H and O–H groups in total. The molecule has 1 aromatic carbocycles. The number of benzene rings is 1. The van der Waals surface area contributed by atoms with Crippen LogP contribution in [0.3, 0.4) is 0 Å². The minimum atomic E-state index is -1.00. The van der Waals surface area contributed by atoms with Crippen molar-refractivity contribution in [1.82, 2.24) is 0 Å². The van der Waals surface area contributed by atoms with Gasteiger partial charge in [-0.3, -0.25) is 4.79 Å². The van der Waals surface area contributed by atoms with Gasteiger partial charge < -0.3 is 25.6 Å². The number of hydrogen-bond donors (Lipinski definition) is 3. The Morgan fingerprint density at radius 2 is 2.00 bits per heavy atom. The molecule has 0 fully saturated rings. The maximum absolute atomic E-state index is 10.6. The van der Waals surface area contributed by atoms with Crippen molar-refractivity contribution in [2.24, 2.45) is 5.73 Å². The molecule has 0 heterocycles. The van der Waals surface area contributed by atoms with E-state index in [1.54, 1.807) is 14.2 Å². The second-order valence-corrected chi connectivity index (χ2v) is 4.18. The number of aryl methyl sites for hydroxylation is 1. The van der Waals surface area contributed by atoms with Gasteiger partial charge in [0.25, 0.3) is 0 Å². The Hall–Kier alpha value is -1.95. The number of carbonyl (C=O) groups is 1. The van der Waals surface area contributed by atoms with Gasteiger partial charge in [-0.05, 0) is 25.0 Å². The average molecular weight is 268 g/mol. The van der Waals surface area contributed by atoms with Crippen molar-refractivity contribution in [3.8, 4) is 11.5 Å². The highest BCUT2D eigenvalue weighted by atomic mass is 16.5. The molecule has 0 aliphatic carbocycles. The minimum absolute atomic E-state index is 0.328. The Balaban J connectivity index is 2.74. The number of hydrogen-bond acceptors (Lipinski definition) is 5. The van der Waals surface area contributed by atoms with Crippen molar-refractivity contribution in [2.45, 2.75) is 19.4 Å². The first-order valence-corrected chi connectivity index (χ1v) is 5.94. The molecule has 6 heteroatoms. The highest BCUT2D eigenvalue weighted by molar-refractivity contribution is 5.73. The molecule has 0 aliphatic heterocycles. The summed E-state index contributed by atoms with van der Waals surface area (Å²) in [5.41, 5.74) is 7.15. The number of ether oxygens (including phenoxy) is 2. The highest BCUT2D eigenvalue weighted by Gasteiger charge is 2.12. The third kappa shape index (κ3) is 4.03. The van der Waals surface area contributed by atoms with Crippen LogP contribution in [0.5, 0.6) is 11.5 Å². The molecule has 0 amide bonds. The van der Waals surface area contributed by atoms with E-state index in [4.69, 9.17) is 20.3 Å². The molecule has 19 heavy (non-hydrogen) atoms. The van der Waals surface area contributed by atoms with Gasteiger partial charge >= 0.3 is 5.97 Å². The first-order valence-electron chi connectivity index (χ1n) is 5.94. The maximum atomic E-state index is 10.6. The minimum Gasteiger partial charge on any atom is -0.496 e. The number of carboxylic acid groups (broad SMARTS) is 1. The molecule has 0 spiro atoms. The van der Waals surface area contributed by atoms with Crippen LogP contribution in [-0.2, 0) is 4.79 Å². The van der Waals surface area contributed by atoms with Crippen molar-refractivity contribution in [3.05, 3.63) is 17.7 Å². The third-order valence-electron chi connectivity index (χ3n) is 2.80. The molecule has 0 saturated carbocycles. The maximum Gasteiger partial charge on any atom is 0.320 e. The highest BCUT2D eigenvalue weighted by Crippen LogP contribution is 2.32. The zero-order valence-corrected chi connectivity index (χ0v) is 11.4. The number of rotatable bonds is 7. The fourth-order valence-corrected chi connectivity index (χ4v) is 1.67. The van der Waals surface area contributed by atoms with Gasteiger partial charge in [0.1, 0.15) is 17.5 Å². The molecule has 1 rings (SSSR count). The molecule has 0 aliphatic rings. The summed E-state index contributed by atoms with van der Waals surface area (Å²) in [6.07, 6.45) is 0.328. The molecule has 1 aromatic rings. The molecular weight excluding hydrogens is 248 g/mol. The standard InChI is InChI=1S/C13H20N2O4/c1-8-6-12(19-3)10(7-11(8)18-2)15-5-4-9(14)13(16)17/h6-7,9,15H,4-5,14H2,1-3H3,(H,16,17). The molecule has 0 bridgehead atoms. The van der Waals surface area contributed by atoms with Crippen LogP contribution < -0.4 is 20.5 Å². The van der Waals surface area contributed by atoms with Crippen molar-refractivity contribution in [2.75, 3.05) is 26.1 Å². The van der Waals surface area contributed by atoms with Crippen LogP contribution in [0.2, 0.25) is 0 Å². The lowest BCUT2D eigenvalue weighted by Crippen LogP contribution is -2.32. The molecule has 0 saturated heterocycles. The van der Waals surface area contributed by atoms with E-state index >= 15 is 0 Å². The van der Waals surface area contributed by atoms with E-state index in [1.807, 2.05) is 19.1 Å². The van der Waals surface area contributed by atoms with Crippen LogP contribution in [-0.4, -0.2) is 37.9 Å². The van der Waals surface area contributed by atoms with Crippen LogP contribution in [0.15, 0.2) is 12.1 Å². The lowest BCUT2D eigenvalue weighted by Gasteiger charge is -2.15. The second kappa shape index (κ2) is 6.84. The topological polar surface area (TPSA) is 93.8 Å². The molecule has 1 atom stereocenters. The van der Waals surface area contributed by atoms with Gasteiger partial charge in [0.2, 0.25) is 0 Å². The van der Waals surface area contributed by atoms with Crippen LogP contribution in [0.25, 0.3) is 0 Å². The van der Waals surface area contributed by atoms with Gasteiger partial charge in [-0.1, -0.05) is 0 Å². The van der Waals surface area contributed by atoms with Crippen molar-refractivity contribution in [1.29, 1.82) is 0 Å². The summed E-state index contributed by atoms with van der Waals surface area (Å²) < 4.78 is 10.5. The Morgan fingerprint density at radius 1 is 1.37 bits per heavy atom. The molecule has 0 aromatic heterocycles. The number of methoxy groups -OCH3 is 2. The van der Waals surface area contributed by atoms with Crippen molar-refractivity contribution in [3.63, 3.8) is 0 Å². The molecule has 0 radical (unpaired) electrons. The van der Waals surface area contributed by atoms with Gasteiger partial charge in [-0.15, -0.1) is 0 Å². The second-order valence-electron chi connectivity index (χ2n) is 4.18. The van der Waals surface area contributed by atoms with Gasteiger partial charge in [0.05, 0.1) is 19.9 Å². The normalized spacial score (nSPS) is 11.8. The van der Waals surface area contributed by atoms with Gasteiger partial charge in [-0.25, -0.2) is 0 Å². The third-order valence-corrected chi connectivity index (χ3v) is 2.80. The summed E-state index contributed by atoms with van der Waals surface area (Å²) in [4.78, 5) is 10.6. The van der Waals surface area contributed by atoms with E-state index in [0.717, 1.165) is 17.0 Å². The number of aliphatic carboxylic acids is 1. The summed E-state index contributed by atoms with van der Waals surface area (Å²) in [6, 6.07) is 2.81. The Morgan fingerprint density at radius 3 is 2.53 bits per heavy atom. The first-order chi connectivity index (χ1) is 8.99. The molecule has 6 nitrogen and oxygen atoms in total. The van der Waals surface area contributed by atoms with E-state index in [1.165, 1.54) is 0 Å². The van der Waals surface area contributed by atoms with Crippen LogP contribution in [0.1, 0.15) is 12.0 Å². The quantitative estimate of drug-likeness (QED) is 0.688. The monoisotopic (exact) mass is 268 g/mol. The Kier molecular flexibility index (Phi) is 5.44. The average Bonchev–Trinajstić information content (AvgIpc) is 2.39. The Labute approximate surface area is 112 Å². The van der Waals surface area contributed by atoms with Gasteiger partial charge in [0, 0.05) is 12.6 Å². The van der Waals surface area contributed by atoms with Crippen LogP contribution >= 0.6 is 0 Å². The predicted molar refractivity (Wildman–Crippen MR) is 73.0 cm³/mol. The molecule has 106 valence electrons. The predicted octanol–water partition coefficient (Wildman–Crippen LogP) is 1.23. The fourth-order valence-electron chi connectivity index (χ4n) is 1.67. The summed E-state index contributed by atoms with van der Waals surface area (Å²) >= 11 is 0. The molecular formula is C13H20N2O4. The smallest absolute Gasteiger partial charge is 0.320 e. The lowest BCUT2D eigenvalue weighted by molar-refractivity contribution is -0.138. The zero-order valence-electron chi connectivity index (χ0n) is 11.4. The number of nitrogens with two attached hydrogens (primary N) is 1. The van der Waals surface area contributed by atoms with E-state index in [-0.39, 0.29) is 0 Å². The van der Waals surface area contributed by atoms with E-state index in [0.29, 0.717) is 18.7 Å². The summed E-state index contributed by atoms with van der Waals surface area (Å²) in [5, 5.41) is 11.8. The fraction of sp³-hybridized carbons (Fsp3) is 0.462. The van der Waals surface area contributed by atoms with Gasteiger partial charge in [-0.2, -0.15) is 0 Å². The van der Waals surface area contributed by atoms with E-state index < -0.39 is 12.0 Å². The zero-order chi connectivity index (χ0) is 14.4. The Bertz CT molecular complexity index is 449. The summed E-state index contributed by atoms with van der Waals surface area (Å²) in [7, 11) is 3.17. The van der Waals surface area contributed by atoms with Crippen LogP contribution in [0.4, 0.5) is 5.69 Å². The largest absolute Gasteiger partial charge is 0.496 e. The number of carboxylic acids is 1. The van der Waals surface area contributed by atoms with E-state index in [2.05, 4.69) is 5.32 Å². The molecule has 1 unspecified atom stereocenters. The lowest BCUT2D eigenvalue weighted by atomic mass is 10.1. The van der Waals surface area contributed by atoms with Crippen molar-refractivity contribution < 1.29 is 19.4 Å².